The van der Waals surface area contributed by atoms with Crippen LogP contribution >= 0.6 is 15.9 Å². The molecular formula is C17H23BrN2. The second kappa shape index (κ2) is 5.19. The summed E-state index contributed by atoms with van der Waals surface area (Å²) in [5.41, 5.74) is 4.18. The minimum absolute atomic E-state index is 0.192. The molecule has 0 radical (unpaired) electrons. The molecule has 0 amide bonds. The maximum absolute atomic E-state index is 3.83. The van der Waals surface area contributed by atoms with E-state index in [0.29, 0.717) is 5.92 Å². The van der Waals surface area contributed by atoms with Crippen molar-refractivity contribution < 1.29 is 0 Å². The number of fused-ring (bicyclic) bond motifs is 1. The molecule has 3 heteroatoms. The highest BCUT2D eigenvalue weighted by Crippen LogP contribution is 2.37. The lowest BCUT2D eigenvalue weighted by Gasteiger charge is -2.22. The Bertz CT molecular complexity index is 616. The van der Waals surface area contributed by atoms with Crippen molar-refractivity contribution in [2.45, 2.75) is 44.9 Å². The fraction of sp³-hybridized carbons (Fsp3) is 0.529. The van der Waals surface area contributed by atoms with Crippen molar-refractivity contribution in [3.8, 4) is 0 Å². The van der Waals surface area contributed by atoms with E-state index < -0.39 is 0 Å². The zero-order valence-corrected chi connectivity index (χ0v) is 14.1. The number of aromatic nitrogens is 1. The molecule has 1 aliphatic heterocycles. The van der Waals surface area contributed by atoms with E-state index in [0.717, 1.165) is 13.1 Å². The van der Waals surface area contributed by atoms with Gasteiger partial charge in [0.1, 0.15) is 0 Å². The molecule has 20 heavy (non-hydrogen) atoms. The van der Waals surface area contributed by atoms with Crippen LogP contribution in [0.25, 0.3) is 10.9 Å². The van der Waals surface area contributed by atoms with E-state index in [1.54, 1.807) is 0 Å². The summed E-state index contributed by atoms with van der Waals surface area (Å²) in [4.78, 5) is 3.63. The molecule has 108 valence electrons. The van der Waals surface area contributed by atoms with Crippen LogP contribution in [0.3, 0.4) is 0 Å². The van der Waals surface area contributed by atoms with E-state index in [1.807, 2.05) is 0 Å². The van der Waals surface area contributed by atoms with E-state index in [9.17, 15) is 0 Å². The topological polar surface area (TPSA) is 27.8 Å². The Kier molecular flexibility index (Phi) is 3.67. The van der Waals surface area contributed by atoms with Crippen LogP contribution in [0.4, 0.5) is 0 Å². The first-order valence-electron chi connectivity index (χ1n) is 7.49. The van der Waals surface area contributed by atoms with Crippen LogP contribution < -0.4 is 5.32 Å². The summed E-state index contributed by atoms with van der Waals surface area (Å²) in [5, 5.41) is 4.82. The molecule has 1 aromatic heterocycles. The normalized spacial score (nSPS) is 20.5. The molecule has 2 heterocycles. The number of nitrogens with one attached hydrogen (secondary N) is 2. The van der Waals surface area contributed by atoms with Gasteiger partial charge >= 0.3 is 0 Å². The molecule has 2 nitrogen and oxygen atoms in total. The fourth-order valence-electron chi connectivity index (χ4n) is 3.03. The summed E-state index contributed by atoms with van der Waals surface area (Å²) in [5.74, 6) is 0.601. The standard InChI is InChI=1S/C17H23BrN2/c1-17(2,3)12-6-7-14-13(9-12)15(18)16(20-14)11-5-4-8-19-10-11/h6-7,9,11,19-20H,4-5,8,10H2,1-3H3. The summed E-state index contributed by atoms with van der Waals surface area (Å²) in [6.07, 6.45) is 2.53. The van der Waals surface area contributed by atoms with E-state index in [4.69, 9.17) is 0 Å². The van der Waals surface area contributed by atoms with E-state index in [1.165, 1.54) is 39.5 Å². The highest BCUT2D eigenvalue weighted by atomic mass is 79.9. The molecular weight excluding hydrogens is 312 g/mol. The number of hydrogen-bond donors (Lipinski definition) is 2. The summed E-state index contributed by atoms with van der Waals surface area (Å²) in [7, 11) is 0. The van der Waals surface area contributed by atoms with E-state index in [2.05, 4.69) is 65.2 Å². The van der Waals surface area contributed by atoms with Crippen molar-refractivity contribution in [1.29, 1.82) is 0 Å². The largest absolute Gasteiger partial charge is 0.357 e. The summed E-state index contributed by atoms with van der Waals surface area (Å²) in [6, 6.07) is 6.80. The van der Waals surface area contributed by atoms with Gasteiger partial charge in [-0.25, -0.2) is 0 Å². The van der Waals surface area contributed by atoms with Crippen LogP contribution in [0.5, 0.6) is 0 Å². The smallest absolute Gasteiger partial charge is 0.0468 e. The molecule has 0 aliphatic carbocycles. The van der Waals surface area contributed by atoms with Crippen LogP contribution in [0.15, 0.2) is 22.7 Å². The number of halogens is 1. The lowest BCUT2D eigenvalue weighted by molar-refractivity contribution is 0.455. The number of aromatic amines is 1. The maximum atomic E-state index is 3.83. The predicted molar refractivity (Wildman–Crippen MR) is 89.5 cm³/mol. The number of H-pyrrole nitrogens is 1. The Balaban J connectivity index is 2.05. The number of rotatable bonds is 1. The van der Waals surface area contributed by atoms with Gasteiger partial charge in [0.05, 0.1) is 0 Å². The second-order valence-corrected chi connectivity index (χ2v) is 7.70. The van der Waals surface area contributed by atoms with Crippen molar-refractivity contribution in [2.75, 3.05) is 13.1 Å². The summed E-state index contributed by atoms with van der Waals surface area (Å²) < 4.78 is 1.26. The van der Waals surface area contributed by atoms with Gasteiger partial charge < -0.3 is 10.3 Å². The molecule has 3 rings (SSSR count). The lowest BCUT2D eigenvalue weighted by Crippen LogP contribution is -2.28. The zero-order valence-electron chi connectivity index (χ0n) is 12.5. The third-order valence-electron chi connectivity index (χ3n) is 4.33. The van der Waals surface area contributed by atoms with Gasteiger partial charge in [-0.3, -0.25) is 0 Å². The first kappa shape index (κ1) is 14.2. The Hall–Kier alpha value is -0.800. The SMILES string of the molecule is CC(C)(C)c1ccc2[nH]c(C3CCCNC3)c(Br)c2c1. The van der Waals surface area contributed by atoms with Gasteiger partial charge in [0.25, 0.3) is 0 Å². The maximum Gasteiger partial charge on any atom is 0.0468 e. The van der Waals surface area contributed by atoms with Gasteiger partial charge in [-0.15, -0.1) is 0 Å². The predicted octanol–water partition coefficient (Wildman–Crippen LogP) is 4.69. The Labute approximate surface area is 129 Å². The Morgan fingerprint density at radius 1 is 1.25 bits per heavy atom. The van der Waals surface area contributed by atoms with E-state index >= 15 is 0 Å². The molecule has 0 saturated carbocycles. The second-order valence-electron chi connectivity index (χ2n) is 6.91. The minimum atomic E-state index is 0.192. The Morgan fingerprint density at radius 2 is 2.05 bits per heavy atom. The Morgan fingerprint density at radius 3 is 2.70 bits per heavy atom. The molecule has 2 N–H and O–H groups in total. The molecule has 1 aliphatic rings. The highest BCUT2D eigenvalue weighted by molar-refractivity contribution is 9.10. The summed E-state index contributed by atoms with van der Waals surface area (Å²) in [6.45, 7) is 9.03. The third-order valence-corrected chi connectivity index (χ3v) is 5.19. The molecule has 2 aromatic rings. The van der Waals surface area contributed by atoms with Gasteiger partial charge in [0.15, 0.2) is 0 Å². The number of benzene rings is 1. The van der Waals surface area contributed by atoms with Crippen LogP contribution in [0.2, 0.25) is 0 Å². The monoisotopic (exact) mass is 334 g/mol. The molecule has 1 atom stereocenters. The van der Waals surface area contributed by atoms with Crippen LogP contribution in [-0.4, -0.2) is 18.1 Å². The zero-order chi connectivity index (χ0) is 14.3. The number of hydrogen-bond acceptors (Lipinski definition) is 1. The molecule has 1 fully saturated rings. The lowest BCUT2D eigenvalue weighted by atomic mass is 9.86. The van der Waals surface area contributed by atoms with Crippen molar-refractivity contribution in [2.24, 2.45) is 0 Å². The first-order valence-corrected chi connectivity index (χ1v) is 8.28. The van der Waals surface area contributed by atoms with Crippen LogP contribution in [-0.2, 0) is 5.41 Å². The van der Waals surface area contributed by atoms with Crippen molar-refractivity contribution in [1.82, 2.24) is 10.3 Å². The third kappa shape index (κ3) is 2.53. The molecule has 1 aromatic carbocycles. The molecule has 0 spiro atoms. The van der Waals surface area contributed by atoms with Crippen molar-refractivity contribution in [3.05, 3.63) is 33.9 Å². The molecule has 1 unspecified atom stereocenters. The van der Waals surface area contributed by atoms with Gasteiger partial charge in [-0.05, 0) is 58.4 Å². The van der Waals surface area contributed by atoms with Gasteiger partial charge in [0, 0.05) is 33.5 Å². The average Bonchev–Trinajstić information content (AvgIpc) is 2.76. The van der Waals surface area contributed by atoms with E-state index in [-0.39, 0.29) is 5.41 Å². The minimum Gasteiger partial charge on any atom is -0.357 e. The van der Waals surface area contributed by atoms with Crippen molar-refractivity contribution in [3.63, 3.8) is 0 Å². The van der Waals surface area contributed by atoms with Crippen LogP contribution in [0, 0.1) is 0 Å². The van der Waals surface area contributed by atoms with Gasteiger partial charge in [-0.1, -0.05) is 26.8 Å². The summed E-state index contributed by atoms with van der Waals surface area (Å²) >= 11 is 3.83. The fourth-order valence-corrected chi connectivity index (χ4v) is 3.78. The molecule has 1 saturated heterocycles. The highest BCUT2D eigenvalue weighted by Gasteiger charge is 2.22. The quantitative estimate of drug-likeness (QED) is 0.777. The first-order chi connectivity index (χ1) is 9.47. The van der Waals surface area contributed by atoms with Crippen molar-refractivity contribution >= 4 is 26.8 Å². The average molecular weight is 335 g/mol. The van der Waals surface area contributed by atoms with Crippen LogP contribution in [0.1, 0.15) is 50.8 Å². The number of piperidine rings is 1. The molecule has 0 bridgehead atoms. The van der Waals surface area contributed by atoms with Gasteiger partial charge in [-0.2, -0.15) is 0 Å². The van der Waals surface area contributed by atoms with Gasteiger partial charge in [0.2, 0.25) is 0 Å².